The van der Waals surface area contributed by atoms with Gasteiger partial charge in [0, 0.05) is 11.4 Å². The third-order valence-electron chi connectivity index (χ3n) is 4.24. The summed E-state index contributed by atoms with van der Waals surface area (Å²) in [6.07, 6.45) is 1.96. The first-order valence-corrected chi connectivity index (χ1v) is 8.79. The van der Waals surface area contributed by atoms with Crippen LogP contribution in [0.25, 0.3) is 10.8 Å². The van der Waals surface area contributed by atoms with Crippen LogP contribution in [0.15, 0.2) is 60.7 Å². The molecule has 0 saturated heterocycles. The van der Waals surface area contributed by atoms with Crippen molar-refractivity contribution in [2.24, 2.45) is 0 Å². The summed E-state index contributed by atoms with van der Waals surface area (Å²) in [5, 5.41) is 9.76. The second-order valence-electron chi connectivity index (χ2n) is 5.80. The maximum Gasteiger partial charge on any atom is 0.175 e. The fourth-order valence-electron chi connectivity index (χ4n) is 2.95. The van der Waals surface area contributed by atoms with Crippen molar-refractivity contribution in [1.29, 1.82) is 0 Å². The van der Waals surface area contributed by atoms with Crippen LogP contribution >= 0.6 is 12.2 Å². The van der Waals surface area contributed by atoms with E-state index in [-0.39, 0.29) is 0 Å². The lowest BCUT2D eigenvalue weighted by atomic mass is 10.0. The molecule has 0 bridgehead atoms. The second kappa shape index (κ2) is 7.45. The molecule has 2 N–H and O–H groups in total. The van der Waals surface area contributed by atoms with Gasteiger partial charge in [0.2, 0.25) is 0 Å². The predicted octanol–water partition coefficient (Wildman–Crippen LogP) is 5.77. The molecule has 24 heavy (non-hydrogen) atoms. The van der Waals surface area contributed by atoms with Crippen molar-refractivity contribution in [2.45, 2.75) is 26.7 Å². The van der Waals surface area contributed by atoms with Crippen molar-refractivity contribution >= 4 is 39.5 Å². The van der Waals surface area contributed by atoms with Gasteiger partial charge in [0.15, 0.2) is 5.11 Å². The Labute approximate surface area is 148 Å². The van der Waals surface area contributed by atoms with Crippen LogP contribution < -0.4 is 10.6 Å². The van der Waals surface area contributed by atoms with Crippen molar-refractivity contribution in [3.63, 3.8) is 0 Å². The number of anilines is 2. The molecule has 0 saturated carbocycles. The molecule has 0 amide bonds. The van der Waals surface area contributed by atoms with Crippen molar-refractivity contribution in [3.8, 4) is 0 Å². The van der Waals surface area contributed by atoms with Gasteiger partial charge in [0.1, 0.15) is 0 Å². The summed E-state index contributed by atoms with van der Waals surface area (Å²) in [5.74, 6) is 0. The van der Waals surface area contributed by atoms with Crippen LogP contribution in [0.3, 0.4) is 0 Å². The molecule has 0 fully saturated rings. The van der Waals surface area contributed by atoms with Crippen LogP contribution in [0.2, 0.25) is 0 Å². The minimum Gasteiger partial charge on any atom is -0.332 e. The Morgan fingerprint density at radius 3 is 2.12 bits per heavy atom. The lowest BCUT2D eigenvalue weighted by Crippen LogP contribution is -2.20. The van der Waals surface area contributed by atoms with Gasteiger partial charge in [0.25, 0.3) is 0 Å². The molecule has 3 aromatic rings. The number of fused-ring (bicyclic) bond motifs is 1. The van der Waals surface area contributed by atoms with Crippen LogP contribution in [-0.2, 0) is 12.8 Å². The highest BCUT2D eigenvalue weighted by atomic mass is 32.1. The highest BCUT2D eigenvalue weighted by Crippen LogP contribution is 2.23. The minimum absolute atomic E-state index is 0.626. The van der Waals surface area contributed by atoms with E-state index in [1.807, 2.05) is 6.07 Å². The number of hydrogen-bond donors (Lipinski definition) is 2. The van der Waals surface area contributed by atoms with Gasteiger partial charge in [-0.15, -0.1) is 0 Å². The Morgan fingerprint density at radius 2 is 1.46 bits per heavy atom. The van der Waals surface area contributed by atoms with Gasteiger partial charge in [-0.3, -0.25) is 0 Å². The summed E-state index contributed by atoms with van der Waals surface area (Å²) < 4.78 is 0. The van der Waals surface area contributed by atoms with Gasteiger partial charge >= 0.3 is 0 Å². The Kier molecular flexibility index (Phi) is 5.11. The van der Waals surface area contributed by atoms with Gasteiger partial charge in [-0.05, 0) is 59.1 Å². The number of benzene rings is 3. The number of nitrogens with one attached hydrogen (secondary N) is 2. The third kappa shape index (κ3) is 3.57. The van der Waals surface area contributed by atoms with Crippen LogP contribution in [0.4, 0.5) is 11.4 Å². The maximum atomic E-state index is 5.53. The summed E-state index contributed by atoms with van der Waals surface area (Å²) in [4.78, 5) is 0. The zero-order valence-electron chi connectivity index (χ0n) is 14.1. The molecule has 3 aromatic carbocycles. The molecule has 0 aliphatic heterocycles. The minimum atomic E-state index is 0.626. The molecule has 0 heterocycles. The van der Waals surface area contributed by atoms with E-state index in [1.165, 1.54) is 21.9 Å². The molecule has 0 unspecified atom stereocenters. The lowest BCUT2D eigenvalue weighted by molar-refractivity contribution is 1.09. The van der Waals surface area contributed by atoms with Crippen molar-refractivity contribution in [2.75, 3.05) is 10.6 Å². The van der Waals surface area contributed by atoms with Crippen molar-refractivity contribution in [3.05, 3.63) is 71.8 Å². The summed E-state index contributed by atoms with van der Waals surface area (Å²) >= 11 is 5.53. The molecule has 0 radical (unpaired) electrons. The highest BCUT2D eigenvalue weighted by molar-refractivity contribution is 7.80. The Hall–Kier alpha value is -2.39. The molecular formula is C21H22N2S. The number of thiocarbonyl (C=S) groups is 1. The number of rotatable bonds is 4. The Bertz CT molecular complexity index is 848. The Morgan fingerprint density at radius 1 is 0.792 bits per heavy atom. The van der Waals surface area contributed by atoms with E-state index in [1.54, 1.807) is 0 Å². The van der Waals surface area contributed by atoms with Crippen LogP contribution in [-0.4, -0.2) is 5.11 Å². The van der Waals surface area contributed by atoms with Crippen molar-refractivity contribution < 1.29 is 0 Å². The second-order valence-corrected chi connectivity index (χ2v) is 6.21. The van der Waals surface area contributed by atoms with Crippen LogP contribution in [0.5, 0.6) is 0 Å². The molecule has 0 aliphatic rings. The Balaban J connectivity index is 1.80. The number of aryl methyl sites for hydroxylation is 2. The van der Waals surface area contributed by atoms with Gasteiger partial charge < -0.3 is 10.6 Å². The van der Waals surface area contributed by atoms with Gasteiger partial charge in [-0.25, -0.2) is 0 Å². The third-order valence-corrected chi connectivity index (χ3v) is 4.45. The molecule has 3 heteroatoms. The van der Waals surface area contributed by atoms with E-state index in [0.29, 0.717) is 5.11 Å². The van der Waals surface area contributed by atoms with E-state index in [0.717, 1.165) is 24.2 Å². The first-order valence-electron chi connectivity index (χ1n) is 8.38. The van der Waals surface area contributed by atoms with Gasteiger partial charge in [-0.1, -0.05) is 62.4 Å². The van der Waals surface area contributed by atoms with Crippen molar-refractivity contribution in [1.82, 2.24) is 0 Å². The van der Waals surface area contributed by atoms with Crippen LogP contribution in [0, 0.1) is 0 Å². The highest BCUT2D eigenvalue weighted by Gasteiger charge is 2.08. The molecule has 0 atom stereocenters. The predicted molar refractivity (Wildman–Crippen MR) is 109 cm³/mol. The summed E-state index contributed by atoms with van der Waals surface area (Å²) in [6.45, 7) is 4.33. The normalized spacial score (nSPS) is 10.6. The monoisotopic (exact) mass is 334 g/mol. The molecule has 0 aliphatic carbocycles. The molecule has 2 nitrogen and oxygen atoms in total. The van der Waals surface area contributed by atoms with E-state index >= 15 is 0 Å². The average molecular weight is 334 g/mol. The largest absolute Gasteiger partial charge is 0.332 e. The average Bonchev–Trinajstić information content (AvgIpc) is 2.61. The topological polar surface area (TPSA) is 24.1 Å². The zero-order chi connectivity index (χ0) is 16.9. The smallest absolute Gasteiger partial charge is 0.175 e. The lowest BCUT2D eigenvalue weighted by Gasteiger charge is -2.17. The molecule has 3 rings (SSSR count). The number of para-hydroxylation sites is 1. The first kappa shape index (κ1) is 16.5. The van der Waals surface area contributed by atoms with E-state index < -0.39 is 0 Å². The fraction of sp³-hybridized carbons (Fsp3) is 0.190. The number of hydrogen-bond acceptors (Lipinski definition) is 1. The van der Waals surface area contributed by atoms with Gasteiger partial charge in [-0.2, -0.15) is 0 Å². The molecular weight excluding hydrogens is 312 g/mol. The standard InChI is InChI=1S/C21H22N2S/c1-3-15-10-7-11-16(4-2)20(15)23-21(24)22-19-13-12-17-8-5-6-9-18(17)14-19/h5-14H,3-4H2,1-2H3,(H2,22,23,24). The maximum absolute atomic E-state index is 5.53. The molecule has 0 spiro atoms. The summed E-state index contributed by atoms with van der Waals surface area (Å²) in [5.41, 5.74) is 4.72. The SMILES string of the molecule is CCc1cccc(CC)c1NC(=S)Nc1ccc2ccccc2c1. The quantitative estimate of drug-likeness (QED) is 0.592. The summed E-state index contributed by atoms with van der Waals surface area (Å²) in [7, 11) is 0. The summed E-state index contributed by atoms with van der Waals surface area (Å²) in [6, 6.07) is 21.0. The molecule has 122 valence electrons. The van der Waals surface area contributed by atoms with Crippen LogP contribution in [0.1, 0.15) is 25.0 Å². The fourth-order valence-corrected chi connectivity index (χ4v) is 3.17. The van der Waals surface area contributed by atoms with E-state index in [2.05, 4.69) is 79.1 Å². The van der Waals surface area contributed by atoms with E-state index in [4.69, 9.17) is 12.2 Å². The zero-order valence-corrected chi connectivity index (χ0v) is 14.9. The molecule has 0 aromatic heterocycles. The van der Waals surface area contributed by atoms with Gasteiger partial charge in [0.05, 0.1) is 0 Å². The first-order chi connectivity index (χ1) is 11.7. The van der Waals surface area contributed by atoms with E-state index in [9.17, 15) is 0 Å².